The highest BCUT2D eigenvalue weighted by atomic mass is 32.1. The van der Waals surface area contributed by atoms with Gasteiger partial charge < -0.3 is 0 Å². The maximum Gasteiger partial charge on any atom is 0.208 e. The first-order chi connectivity index (χ1) is 14.2. The number of ketones is 1. The van der Waals surface area contributed by atoms with Gasteiger partial charge >= 0.3 is 0 Å². The summed E-state index contributed by atoms with van der Waals surface area (Å²) in [7, 11) is 0. The summed E-state index contributed by atoms with van der Waals surface area (Å²) in [6.07, 6.45) is 5.29. The molecular formula is C22H17N5OS. The maximum absolute atomic E-state index is 12.8. The minimum absolute atomic E-state index is 0.0569. The smallest absolute Gasteiger partial charge is 0.208 e. The van der Waals surface area contributed by atoms with Crippen molar-refractivity contribution in [2.75, 3.05) is 0 Å². The predicted molar refractivity (Wildman–Crippen MR) is 113 cm³/mol. The molecule has 0 N–H and O–H groups in total. The molecule has 7 heteroatoms. The Morgan fingerprint density at radius 2 is 2.00 bits per heavy atom. The van der Waals surface area contributed by atoms with Gasteiger partial charge in [0.05, 0.1) is 28.0 Å². The molecule has 4 aromatic heterocycles. The zero-order valence-electron chi connectivity index (χ0n) is 15.7. The Labute approximate surface area is 171 Å². The first-order valence-corrected chi connectivity index (χ1v) is 10.2. The molecule has 1 aromatic carbocycles. The van der Waals surface area contributed by atoms with Gasteiger partial charge in [0.1, 0.15) is 0 Å². The second-order valence-electron chi connectivity index (χ2n) is 6.57. The van der Waals surface area contributed by atoms with E-state index in [9.17, 15) is 4.79 Å². The molecule has 0 saturated heterocycles. The highest BCUT2D eigenvalue weighted by molar-refractivity contribution is 7.12. The van der Waals surface area contributed by atoms with Crippen LogP contribution in [0.25, 0.3) is 28.2 Å². The number of rotatable bonds is 5. The van der Waals surface area contributed by atoms with Crippen LogP contribution in [0.5, 0.6) is 0 Å². The maximum atomic E-state index is 12.8. The molecule has 142 valence electrons. The lowest BCUT2D eigenvalue weighted by molar-refractivity contribution is 0.104. The van der Waals surface area contributed by atoms with Crippen LogP contribution in [-0.4, -0.2) is 30.2 Å². The van der Waals surface area contributed by atoms with E-state index in [1.165, 1.54) is 11.3 Å². The minimum atomic E-state index is -0.0569. The average molecular weight is 399 g/mol. The number of benzene rings is 1. The van der Waals surface area contributed by atoms with Gasteiger partial charge in [0, 0.05) is 30.1 Å². The summed E-state index contributed by atoms with van der Waals surface area (Å²) in [5.41, 5.74) is 4.87. The Bertz CT molecular complexity index is 1320. The Morgan fingerprint density at radius 3 is 2.79 bits per heavy atom. The molecule has 29 heavy (non-hydrogen) atoms. The molecule has 4 heterocycles. The summed E-state index contributed by atoms with van der Waals surface area (Å²) in [6, 6.07) is 15.8. The van der Waals surface area contributed by atoms with Crippen molar-refractivity contribution in [2.45, 2.75) is 13.5 Å². The van der Waals surface area contributed by atoms with E-state index >= 15 is 0 Å². The number of carbonyl (C=O) groups excluding carboxylic acids is 1. The van der Waals surface area contributed by atoms with Crippen molar-refractivity contribution in [3.05, 3.63) is 82.9 Å². The largest absolute Gasteiger partial charge is 0.287 e. The Balaban J connectivity index is 1.59. The van der Waals surface area contributed by atoms with E-state index in [2.05, 4.69) is 28.2 Å². The zero-order chi connectivity index (χ0) is 19.8. The first-order valence-electron chi connectivity index (χ1n) is 9.30. The Kier molecular flexibility index (Phi) is 4.29. The third-order valence-electron chi connectivity index (χ3n) is 4.81. The van der Waals surface area contributed by atoms with E-state index in [0.717, 1.165) is 29.1 Å². The van der Waals surface area contributed by atoms with Crippen LogP contribution in [0, 0.1) is 0 Å². The average Bonchev–Trinajstić information content (AvgIpc) is 3.53. The van der Waals surface area contributed by atoms with Crippen molar-refractivity contribution < 1.29 is 4.79 Å². The van der Waals surface area contributed by atoms with Crippen LogP contribution in [0.3, 0.4) is 0 Å². The number of fused-ring (bicyclic) bond motifs is 1. The first kappa shape index (κ1) is 17.5. The fourth-order valence-corrected chi connectivity index (χ4v) is 4.02. The van der Waals surface area contributed by atoms with Crippen LogP contribution >= 0.6 is 11.3 Å². The quantitative estimate of drug-likeness (QED) is 0.406. The predicted octanol–water partition coefficient (Wildman–Crippen LogP) is 4.57. The number of hydrogen-bond donors (Lipinski definition) is 0. The summed E-state index contributed by atoms with van der Waals surface area (Å²) < 4.78 is 3.63. The monoisotopic (exact) mass is 399 g/mol. The number of hydrogen-bond acceptors (Lipinski definition) is 5. The van der Waals surface area contributed by atoms with Crippen LogP contribution in [0.4, 0.5) is 0 Å². The van der Waals surface area contributed by atoms with E-state index in [1.807, 2.05) is 58.7 Å². The lowest BCUT2D eigenvalue weighted by atomic mass is 10.1. The van der Waals surface area contributed by atoms with Crippen LogP contribution in [-0.2, 0) is 6.54 Å². The van der Waals surface area contributed by atoms with Crippen molar-refractivity contribution in [3.63, 3.8) is 0 Å². The summed E-state index contributed by atoms with van der Waals surface area (Å²) in [4.78, 5) is 17.9. The zero-order valence-corrected chi connectivity index (χ0v) is 16.5. The van der Waals surface area contributed by atoms with Gasteiger partial charge in [-0.1, -0.05) is 24.3 Å². The second-order valence-corrected chi connectivity index (χ2v) is 7.52. The molecule has 0 spiro atoms. The highest BCUT2D eigenvalue weighted by Crippen LogP contribution is 2.27. The summed E-state index contributed by atoms with van der Waals surface area (Å²) >= 11 is 1.42. The van der Waals surface area contributed by atoms with Gasteiger partial charge in [0.25, 0.3) is 0 Å². The molecule has 5 rings (SSSR count). The lowest BCUT2D eigenvalue weighted by Gasteiger charge is -2.07. The van der Waals surface area contributed by atoms with Gasteiger partial charge in [-0.25, -0.2) is 9.50 Å². The van der Waals surface area contributed by atoms with Crippen molar-refractivity contribution in [1.29, 1.82) is 0 Å². The number of thiophene rings is 1. The molecule has 5 aromatic rings. The lowest BCUT2D eigenvalue weighted by Crippen LogP contribution is -2.01. The Morgan fingerprint density at radius 1 is 1.10 bits per heavy atom. The molecule has 0 bridgehead atoms. The van der Waals surface area contributed by atoms with E-state index < -0.39 is 0 Å². The van der Waals surface area contributed by atoms with E-state index in [1.54, 1.807) is 16.9 Å². The van der Waals surface area contributed by atoms with E-state index in [0.29, 0.717) is 16.1 Å². The molecule has 0 aliphatic rings. The third-order valence-corrected chi connectivity index (χ3v) is 5.68. The summed E-state index contributed by atoms with van der Waals surface area (Å²) in [6.45, 7) is 2.90. The summed E-state index contributed by atoms with van der Waals surface area (Å²) in [5.74, 6) is -0.0569. The molecule has 0 saturated carbocycles. The van der Waals surface area contributed by atoms with Crippen molar-refractivity contribution >= 4 is 22.8 Å². The van der Waals surface area contributed by atoms with E-state index in [-0.39, 0.29) is 5.78 Å². The van der Waals surface area contributed by atoms with Gasteiger partial charge in [-0.3, -0.25) is 9.48 Å². The van der Waals surface area contributed by atoms with Crippen LogP contribution in [0.1, 0.15) is 22.2 Å². The van der Waals surface area contributed by atoms with Crippen LogP contribution < -0.4 is 0 Å². The number of nitrogens with zero attached hydrogens (tertiary/aromatic N) is 5. The molecule has 0 aliphatic carbocycles. The van der Waals surface area contributed by atoms with Crippen molar-refractivity contribution in [3.8, 4) is 22.5 Å². The number of aryl methyl sites for hydroxylation is 1. The van der Waals surface area contributed by atoms with Crippen molar-refractivity contribution in [1.82, 2.24) is 24.4 Å². The van der Waals surface area contributed by atoms with Crippen LogP contribution in [0.2, 0.25) is 0 Å². The second kappa shape index (κ2) is 7.10. The van der Waals surface area contributed by atoms with Gasteiger partial charge in [0.2, 0.25) is 5.78 Å². The Hall–Kier alpha value is -3.58. The topological polar surface area (TPSA) is 65.1 Å². The molecule has 0 atom stereocenters. The molecule has 0 radical (unpaired) electrons. The van der Waals surface area contributed by atoms with Gasteiger partial charge in [-0.05, 0) is 36.6 Å². The molecule has 0 amide bonds. The summed E-state index contributed by atoms with van der Waals surface area (Å²) in [5, 5.41) is 10.9. The third kappa shape index (κ3) is 3.05. The minimum Gasteiger partial charge on any atom is -0.287 e. The SMILES string of the molecule is CCn1ccc(-c2cccc(-c3ccnc4c(C(=O)c5cccs5)cnn34)c2)n1. The molecule has 6 nitrogen and oxygen atoms in total. The number of aromatic nitrogens is 5. The van der Waals surface area contributed by atoms with Gasteiger partial charge in [-0.2, -0.15) is 10.2 Å². The fraction of sp³-hybridized carbons (Fsp3) is 0.0909. The van der Waals surface area contributed by atoms with Crippen molar-refractivity contribution in [2.24, 2.45) is 0 Å². The molecular weight excluding hydrogens is 382 g/mol. The van der Waals surface area contributed by atoms with E-state index in [4.69, 9.17) is 0 Å². The highest BCUT2D eigenvalue weighted by Gasteiger charge is 2.18. The normalized spacial score (nSPS) is 11.2. The fourth-order valence-electron chi connectivity index (χ4n) is 3.34. The standard InChI is InChI=1S/C22H17N5OS/c1-2-26-11-9-18(25-26)15-5-3-6-16(13-15)19-8-10-23-22-17(14-24-27(19)22)21(28)20-7-4-12-29-20/h3-14H,2H2,1H3. The van der Waals surface area contributed by atoms with Gasteiger partial charge in [-0.15, -0.1) is 11.3 Å². The number of carbonyl (C=O) groups is 1. The molecule has 0 fully saturated rings. The van der Waals surface area contributed by atoms with Crippen LogP contribution in [0.15, 0.2) is 72.5 Å². The molecule has 0 aliphatic heterocycles. The molecule has 0 unspecified atom stereocenters. The van der Waals surface area contributed by atoms with Gasteiger partial charge in [0.15, 0.2) is 5.65 Å².